The summed E-state index contributed by atoms with van der Waals surface area (Å²) in [5.74, 6) is -7.22. The van der Waals surface area contributed by atoms with Gasteiger partial charge in [-0.1, -0.05) is 127 Å². The molecule has 3 aliphatic heterocycles. The number of nitrogens with zero attached hydrogens (tertiary/aromatic N) is 1. The molecule has 0 unspecified atom stereocenters. The standard InChI is InChI=1S/C67H57NO18/c1-2-3-24-39-77-66-52(68-58(69)48-37-22-23-38-49(48)59(68)70)55(84-63(74)45-31-16-7-17-32-45)53(82-61(72)43-27-12-5-13-28-43)51(80-66)41-79-67-57(86-65(76)47-35-20-9-21-36-47)56(85-64(75)46-33-18-8-19-34-46)54(83-62(73)44-29-14-6-15-30-44)50(81-67)40-78-60(71)42-25-10-4-11-26-42/h2,4-23,25-38,50-57,66-67H,1,3,24,39-41H2/t50-,51-,52-,53-,54-,55-,56+,57+,66-,67+/m1/s1. The van der Waals surface area contributed by atoms with Crippen LogP contribution in [-0.4, -0.2) is 134 Å². The zero-order valence-electron chi connectivity index (χ0n) is 46.0. The van der Waals surface area contributed by atoms with E-state index in [9.17, 15) is 38.4 Å². The Hall–Kier alpha value is -9.92. The summed E-state index contributed by atoms with van der Waals surface area (Å²) >= 11 is 0. The van der Waals surface area contributed by atoms with Gasteiger partial charge in [-0.2, -0.15) is 0 Å². The third-order valence-electron chi connectivity index (χ3n) is 14.2. The van der Waals surface area contributed by atoms with E-state index in [-0.39, 0.29) is 51.1 Å². The van der Waals surface area contributed by atoms with Crippen LogP contribution in [0, 0.1) is 0 Å². The molecule has 19 heteroatoms. The Morgan fingerprint density at radius 2 is 0.733 bits per heavy atom. The number of carbonyl (C=O) groups is 8. The van der Waals surface area contributed by atoms with Crippen molar-refractivity contribution in [2.24, 2.45) is 0 Å². The number of benzene rings is 7. The maximum atomic E-state index is 14.7. The van der Waals surface area contributed by atoms with E-state index in [1.54, 1.807) is 127 Å². The molecular formula is C67H57NO18. The highest BCUT2D eigenvalue weighted by molar-refractivity contribution is 6.21. The number of hydrogen-bond donors (Lipinski definition) is 0. The highest BCUT2D eigenvalue weighted by atomic mass is 16.8. The van der Waals surface area contributed by atoms with Gasteiger partial charge >= 0.3 is 35.8 Å². The Bertz CT molecular complexity index is 3480. The van der Waals surface area contributed by atoms with Crippen molar-refractivity contribution in [3.63, 3.8) is 0 Å². The van der Waals surface area contributed by atoms with Gasteiger partial charge in [0, 0.05) is 0 Å². The van der Waals surface area contributed by atoms with E-state index in [2.05, 4.69) is 6.58 Å². The van der Waals surface area contributed by atoms with Crippen molar-refractivity contribution in [2.75, 3.05) is 19.8 Å². The molecule has 0 bridgehead atoms. The number of ether oxygens (including phenoxy) is 10. The van der Waals surface area contributed by atoms with Gasteiger partial charge in [0.25, 0.3) is 11.8 Å². The Morgan fingerprint density at radius 1 is 0.395 bits per heavy atom. The molecule has 0 N–H and O–H groups in total. The molecule has 10 atom stereocenters. The predicted molar refractivity (Wildman–Crippen MR) is 304 cm³/mol. The topological polar surface area (TPSA) is 232 Å². The number of allylic oxidation sites excluding steroid dienone is 1. The maximum absolute atomic E-state index is 14.7. The zero-order valence-corrected chi connectivity index (χ0v) is 46.0. The summed E-state index contributed by atoms with van der Waals surface area (Å²) in [5, 5.41) is 0. The summed E-state index contributed by atoms with van der Waals surface area (Å²) < 4.78 is 64.0. The fourth-order valence-electron chi connectivity index (χ4n) is 10.0. The average Bonchev–Trinajstić information content (AvgIpc) is 2.16. The molecule has 0 radical (unpaired) electrons. The molecule has 7 aromatic carbocycles. The molecule has 19 nitrogen and oxygen atoms in total. The summed E-state index contributed by atoms with van der Waals surface area (Å²) in [4.78, 5) is 116. The maximum Gasteiger partial charge on any atom is 0.338 e. The molecule has 2 saturated heterocycles. The van der Waals surface area contributed by atoms with Gasteiger partial charge in [-0.3, -0.25) is 14.5 Å². The van der Waals surface area contributed by atoms with Gasteiger partial charge in [-0.05, 0) is 97.8 Å². The number of fused-ring (bicyclic) bond motifs is 1. The lowest BCUT2D eigenvalue weighted by molar-refractivity contribution is -0.321. The molecule has 7 aromatic rings. The van der Waals surface area contributed by atoms with Crippen LogP contribution >= 0.6 is 0 Å². The van der Waals surface area contributed by atoms with E-state index in [1.165, 1.54) is 84.9 Å². The fourth-order valence-corrected chi connectivity index (χ4v) is 10.0. The van der Waals surface area contributed by atoms with Crippen LogP contribution in [-0.2, 0) is 47.4 Å². The Balaban J connectivity index is 1.09. The van der Waals surface area contributed by atoms with Crippen molar-refractivity contribution >= 4 is 47.6 Å². The van der Waals surface area contributed by atoms with Crippen LogP contribution in [0.25, 0.3) is 0 Å². The SMILES string of the molecule is C=CCCCO[C@@H]1O[C@H](CO[C@H]2O[C@H](COC(=O)c3ccccc3)[C@@H](OC(=O)c3ccccc3)[C@H](OC(=O)c3ccccc3)[C@@H]2OC(=O)c2ccccc2)[C@@H](OC(=O)c2ccccc2)[C@H](OC(=O)c2ccccc2)[C@H]1N1C(=O)c2ccccc2C1=O. The van der Waals surface area contributed by atoms with Crippen molar-refractivity contribution in [2.45, 2.75) is 74.2 Å². The molecule has 2 amide bonds. The van der Waals surface area contributed by atoms with Crippen LogP contribution in [0.3, 0.4) is 0 Å². The van der Waals surface area contributed by atoms with Crippen LogP contribution in [0.4, 0.5) is 0 Å². The largest absolute Gasteiger partial charge is 0.459 e. The van der Waals surface area contributed by atoms with Crippen LogP contribution in [0.5, 0.6) is 0 Å². The number of amides is 2. The highest BCUT2D eigenvalue weighted by Gasteiger charge is 2.59. The van der Waals surface area contributed by atoms with Crippen molar-refractivity contribution in [3.05, 3.63) is 263 Å². The van der Waals surface area contributed by atoms with Crippen LogP contribution in [0.15, 0.2) is 219 Å². The molecule has 3 aliphatic rings. The molecule has 0 aromatic heterocycles. The van der Waals surface area contributed by atoms with Crippen LogP contribution in [0.1, 0.15) is 95.7 Å². The molecule has 0 aliphatic carbocycles. The van der Waals surface area contributed by atoms with E-state index < -0.39 is 122 Å². The third-order valence-corrected chi connectivity index (χ3v) is 14.2. The second-order valence-electron chi connectivity index (χ2n) is 19.9. The first-order valence-electron chi connectivity index (χ1n) is 27.6. The van der Waals surface area contributed by atoms with Gasteiger partial charge in [0.15, 0.2) is 43.1 Å². The second kappa shape index (κ2) is 28.1. The first-order valence-corrected chi connectivity index (χ1v) is 27.6. The van der Waals surface area contributed by atoms with Gasteiger partial charge in [-0.15, -0.1) is 6.58 Å². The summed E-state index contributed by atoms with van der Waals surface area (Å²) in [7, 11) is 0. The Labute approximate surface area is 493 Å². The number of carbonyl (C=O) groups excluding carboxylic acids is 8. The number of imide groups is 1. The smallest absolute Gasteiger partial charge is 0.338 e. The van der Waals surface area contributed by atoms with E-state index in [0.717, 1.165) is 4.90 Å². The lowest BCUT2D eigenvalue weighted by Gasteiger charge is -2.48. The summed E-state index contributed by atoms with van der Waals surface area (Å²) in [6.45, 7) is 2.26. The summed E-state index contributed by atoms with van der Waals surface area (Å²) in [6, 6.07) is 51.4. The van der Waals surface area contributed by atoms with Gasteiger partial charge < -0.3 is 47.4 Å². The van der Waals surface area contributed by atoms with E-state index in [0.29, 0.717) is 12.8 Å². The third kappa shape index (κ3) is 13.8. The monoisotopic (exact) mass is 1160 g/mol. The van der Waals surface area contributed by atoms with E-state index in [4.69, 9.17) is 47.4 Å². The Morgan fingerprint density at radius 3 is 1.15 bits per heavy atom. The molecule has 10 rings (SSSR count). The van der Waals surface area contributed by atoms with E-state index in [1.807, 2.05) is 0 Å². The normalized spacial score (nSPS) is 22.3. The molecule has 2 fully saturated rings. The quantitative estimate of drug-likeness (QED) is 0.0202. The number of rotatable bonds is 22. The van der Waals surface area contributed by atoms with E-state index >= 15 is 0 Å². The van der Waals surface area contributed by atoms with Crippen molar-refractivity contribution in [1.82, 2.24) is 4.90 Å². The van der Waals surface area contributed by atoms with Gasteiger partial charge in [0.1, 0.15) is 24.9 Å². The molecule has 0 saturated carbocycles. The number of esters is 6. The summed E-state index contributed by atoms with van der Waals surface area (Å²) in [5.41, 5.74) is 0.407. The van der Waals surface area contributed by atoms with Crippen molar-refractivity contribution in [3.8, 4) is 0 Å². The summed E-state index contributed by atoms with van der Waals surface area (Å²) in [6.07, 6.45) is -13.4. The minimum absolute atomic E-state index is 0.0263. The lowest BCUT2D eigenvalue weighted by Crippen LogP contribution is -2.68. The van der Waals surface area contributed by atoms with Crippen molar-refractivity contribution < 1.29 is 85.7 Å². The van der Waals surface area contributed by atoms with Gasteiger partial charge in [0.2, 0.25) is 0 Å². The number of hydrogen-bond acceptors (Lipinski definition) is 18. The lowest BCUT2D eigenvalue weighted by atomic mass is 9.94. The first kappa shape index (κ1) is 59.2. The van der Waals surface area contributed by atoms with Gasteiger partial charge in [0.05, 0.1) is 57.7 Å². The molecule has 3 heterocycles. The second-order valence-corrected chi connectivity index (χ2v) is 19.9. The average molecular weight is 1160 g/mol. The molecule has 0 spiro atoms. The fraction of sp³-hybridized carbons (Fsp3) is 0.224. The van der Waals surface area contributed by atoms with Crippen molar-refractivity contribution in [1.29, 1.82) is 0 Å². The molecule has 438 valence electrons. The molecule has 86 heavy (non-hydrogen) atoms. The predicted octanol–water partition coefficient (Wildman–Crippen LogP) is 9.09. The first-order chi connectivity index (χ1) is 42.0. The van der Waals surface area contributed by atoms with Crippen LogP contribution < -0.4 is 0 Å². The minimum atomic E-state index is -1.91. The van der Waals surface area contributed by atoms with Gasteiger partial charge in [-0.25, -0.2) is 28.8 Å². The highest BCUT2D eigenvalue weighted by Crippen LogP contribution is 2.38. The van der Waals surface area contributed by atoms with Crippen LogP contribution in [0.2, 0.25) is 0 Å². The Kier molecular flexibility index (Phi) is 19.4. The zero-order chi connectivity index (χ0) is 59.9. The molecular weight excluding hydrogens is 1110 g/mol. The number of unbranched alkanes of at least 4 members (excludes halogenated alkanes) is 1. The minimum Gasteiger partial charge on any atom is -0.459 e.